The summed E-state index contributed by atoms with van der Waals surface area (Å²) in [7, 11) is 1.64. The molecule has 0 radical (unpaired) electrons. The Kier molecular flexibility index (Phi) is 5.78. The summed E-state index contributed by atoms with van der Waals surface area (Å²) in [6, 6.07) is 11.9. The molecule has 6 heteroatoms. The van der Waals surface area contributed by atoms with Gasteiger partial charge in [0.2, 0.25) is 12.5 Å². The van der Waals surface area contributed by atoms with E-state index >= 15 is 0 Å². The number of ketones is 1. The maximum absolute atomic E-state index is 13.1. The Balaban J connectivity index is 1.48. The molecule has 2 aliphatic heterocycles. The van der Waals surface area contributed by atoms with E-state index in [4.69, 9.17) is 14.2 Å². The van der Waals surface area contributed by atoms with Crippen molar-refractivity contribution >= 4 is 17.5 Å². The van der Waals surface area contributed by atoms with Crippen LogP contribution < -0.4 is 14.2 Å². The van der Waals surface area contributed by atoms with Crippen LogP contribution >= 0.6 is 11.8 Å². The maximum atomic E-state index is 13.1. The predicted octanol–water partition coefficient (Wildman–Crippen LogP) is 4.24. The number of benzene rings is 2. The normalized spacial score (nSPS) is 18.9. The van der Waals surface area contributed by atoms with E-state index in [0.29, 0.717) is 11.5 Å². The highest BCUT2D eigenvalue weighted by molar-refractivity contribution is 7.98. The van der Waals surface area contributed by atoms with Gasteiger partial charge in [0.15, 0.2) is 17.3 Å². The first-order valence-corrected chi connectivity index (χ1v) is 10.8. The number of nitrogens with zero attached hydrogens (tertiary/aromatic N) is 1. The summed E-state index contributed by atoms with van der Waals surface area (Å²) in [5, 5.41) is 0. The molecule has 0 N–H and O–H groups in total. The van der Waals surface area contributed by atoms with Gasteiger partial charge in [-0.2, -0.15) is 0 Å². The van der Waals surface area contributed by atoms with E-state index in [0.717, 1.165) is 54.2 Å². The van der Waals surface area contributed by atoms with Crippen LogP contribution in [-0.2, 0) is 6.54 Å². The van der Waals surface area contributed by atoms with Crippen LogP contribution in [-0.4, -0.2) is 43.9 Å². The molecule has 0 bridgehead atoms. The summed E-state index contributed by atoms with van der Waals surface area (Å²) in [5.41, 5.74) is 1.96. The van der Waals surface area contributed by atoms with Gasteiger partial charge in [-0.25, -0.2) is 0 Å². The van der Waals surface area contributed by atoms with E-state index in [2.05, 4.69) is 4.90 Å². The Labute approximate surface area is 170 Å². The topological polar surface area (TPSA) is 48.0 Å². The monoisotopic (exact) mass is 399 g/mol. The summed E-state index contributed by atoms with van der Waals surface area (Å²) in [5.74, 6) is 2.40. The third kappa shape index (κ3) is 3.84. The van der Waals surface area contributed by atoms with Crippen molar-refractivity contribution in [3.8, 4) is 17.2 Å². The smallest absolute Gasteiger partial charge is 0.231 e. The molecule has 5 nitrogen and oxygen atoms in total. The number of ether oxygens (including phenoxy) is 3. The SMILES string of the molecule is COc1cc(CN2CCC[C@H](C(=O)c3ccccc3SC)C2)cc2c1OCO2. The summed E-state index contributed by atoms with van der Waals surface area (Å²) in [4.78, 5) is 16.5. The third-order valence-electron chi connectivity index (χ3n) is 5.37. The molecule has 1 atom stereocenters. The number of rotatable bonds is 6. The van der Waals surface area contributed by atoms with Crippen LogP contribution in [0.5, 0.6) is 17.2 Å². The van der Waals surface area contributed by atoms with E-state index in [1.54, 1.807) is 18.9 Å². The molecule has 0 spiro atoms. The van der Waals surface area contributed by atoms with E-state index in [9.17, 15) is 4.79 Å². The van der Waals surface area contributed by atoms with Crippen molar-refractivity contribution in [1.82, 2.24) is 4.90 Å². The number of methoxy groups -OCH3 is 1. The van der Waals surface area contributed by atoms with Crippen LogP contribution in [0.3, 0.4) is 0 Å². The molecule has 28 heavy (non-hydrogen) atoms. The predicted molar refractivity (Wildman–Crippen MR) is 110 cm³/mol. The van der Waals surface area contributed by atoms with Crippen LogP contribution in [0.25, 0.3) is 0 Å². The molecule has 0 unspecified atom stereocenters. The lowest BCUT2D eigenvalue weighted by atomic mass is 9.89. The molecular formula is C22H25NO4S. The van der Waals surface area contributed by atoms with Gasteiger partial charge in [-0.15, -0.1) is 11.8 Å². The number of likely N-dealkylation sites (tertiary alicyclic amines) is 1. The molecule has 0 saturated carbocycles. The van der Waals surface area contributed by atoms with Crippen molar-refractivity contribution in [2.45, 2.75) is 24.3 Å². The molecule has 1 fully saturated rings. The minimum atomic E-state index is 0.0398. The third-order valence-corrected chi connectivity index (χ3v) is 6.17. The fraction of sp³-hybridized carbons (Fsp3) is 0.409. The summed E-state index contributed by atoms with van der Waals surface area (Å²) in [6.07, 6.45) is 3.99. The Morgan fingerprint density at radius 3 is 2.96 bits per heavy atom. The van der Waals surface area contributed by atoms with Gasteiger partial charge in [0.25, 0.3) is 0 Å². The van der Waals surface area contributed by atoms with Gasteiger partial charge < -0.3 is 14.2 Å². The van der Waals surface area contributed by atoms with Crippen LogP contribution in [0.4, 0.5) is 0 Å². The second-order valence-corrected chi connectivity index (χ2v) is 8.02. The fourth-order valence-electron chi connectivity index (χ4n) is 4.01. The Morgan fingerprint density at radius 2 is 2.14 bits per heavy atom. The van der Waals surface area contributed by atoms with Crippen LogP contribution in [0.1, 0.15) is 28.8 Å². The molecule has 2 aromatic carbocycles. The molecule has 0 aliphatic carbocycles. The zero-order valence-electron chi connectivity index (χ0n) is 16.3. The number of carbonyl (C=O) groups is 1. The van der Waals surface area contributed by atoms with Gasteiger partial charge in [0.05, 0.1) is 7.11 Å². The number of hydrogen-bond acceptors (Lipinski definition) is 6. The second-order valence-electron chi connectivity index (χ2n) is 7.17. The number of carbonyl (C=O) groups excluding carboxylic acids is 1. The molecule has 2 aromatic rings. The lowest BCUT2D eigenvalue weighted by Crippen LogP contribution is -2.38. The largest absolute Gasteiger partial charge is 0.493 e. The van der Waals surface area contributed by atoms with Crippen LogP contribution in [0.15, 0.2) is 41.3 Å². The highest BCUT2D eigenvalue weighted by Gasteiger charge is 2.28. The highest BCUT2D eigenvalue weighted by Crippen LogP contribution is 2.42. The van der Waals surface area contributed by atoms with Crippen LogP contribution in [0.2, 0.25) is 0 Å². The molecular weight excluding hydrogens is 374 g/mol. The number of hydrogen-bond donors (Lipinski definition) is 0. The van der Waals surface area contributed by atoms with E-state index in [1.807, 2.05) is 42.7 Å². The Morgan fingerprint density at radius 1 is 1.29 bits per heavy atom. The summed E-state index contributed by atoms with van der Waals surface area (Å²) >= 11 is 1.63. The first-order chi connectivity index (χ1) is 13.7. The number of fused-ring (bicyclic) bond motifs is 1. The zero-order chi connectivity index (χ0) is 19.5. The highest BCUT2D eigenvalue weighted by atomic mass is 32.2. The molecule has 1 saturated heterocycles. The van der Waals surface area contributed by atoms with E-state index in [1.165, 1.54) is 0 Å². The van der Waals surface area contributed by atoms with Gasteiger partial charge in [0.1, 0.15) is 0 Å². The lowest BCUT2D eigenvalue weighted by molar-refractivity contribution is 0.0808. The van der Waals surface area contributed by atoms with Crippen molar-refractivity contribution < 1.29 is 19.0 Å². The van der Waals surface area contributed by atoms with Crippen molar-refractivity contribution in [1.29, 1.82) is 0 Å². The minimum absolute atomic E-state index is 0.0398. The quantitative estimate of drug-likeness (QED) is 0.535. The lowest BCUT2D eigenvalue weighted by Gasteiger charge is -2.32. The summed E-state index contributed by atoms with van der Waals surface area (Å²) < 4.78 is 16.5. The summed E-state index contributed by atoms with van der Waals surface area (Å²) in [6.45, 7) is 2.76. The Bertz CT molecular complexity index is 870. The molecule has 0 aromatic heterocycles. The fourth-order valence-corrected chi connectivity index (χ4v) is 4.62. The molecule has 4 rings (SSSR count). The van der Waals surface area contributed by atoms with Crippen molar-refractivity contribution in [2.24, 2.45) is 5.92 Å². The van der Waals surface area contributed by atoms with Gasteiger partial charge in [-0.3, -0.25) is 9.69 Å². The molecule has 0 amide bonds. The van der Waals surface area contributed by atoms with Crippen LogP contribution in [0, 0.1) is 5.92 Å². The molecule has 2 heterocycles. The molecule has 148 valence electrons. The van der Waals surface area contributed by atoms with Gasteiger partial charge in [-0.05, 0) is 49.4 Å². The first kappa shape index (κ1) is 19.2. The second kappa shape index (κ2) is 8.45. The number of Topliss-reactive ketones (excluding diaryl/α,β-unsaturated/α-hetero) is 1. The van der Waals surface area contributed by atoms with Crippen molar-refractivity contribution in [3.63, 3.8) is 0 Å². The standard InChI is InChI=1S/C22H25NO4S/c1-25-18-10-15(11-19-22(18)27-14-26-19)12-23-9-5-6-16(13-23)21(24)17-7-3-4-8-20(17)28-2/h3-4,7-8,10-11,16H,5-6,9,12-14H2,1-2H3/t16-/m0/s1. The average Bonchev–Trinajstić information content (AvgIpc) is 3.21. The maximum Gasteiger partial charge on any atom is 0.231 e. The first-order valence-electron chi connectivity index (χ1n) is 9.55. The minimum Gasteiger partial charge on any atom is -0.493 e. The van der Waals surface area contributed by atoms with E-state index < -0.39 is 0 Å². The van der Waals surface area contributed by atoms with Gasteiger partial charge in [-0.1, -0.05) is 18.2 Å². The zero-order valence-corrected chi connectivity index (χ0v) is 17.1. The van der Waals surface area contributed by atoms with Gasteiger partial charge >= 0.3 is 0 Å². The molecule has 2 aliphatic rings. The number of piperidine rings is 1. The van der Waals surface area contributed by atoms with Crippen molar-refractivity contribution in [3.05, 3.63) is 47.5 Å². The van der Waals surface area contributed by atoms with Crippen molar-refractivity contribution in [2.75, 3.05) is 33.2 Å². The average molecular weight is 400 g/mol. The Hall–Kier alpha value is -2.18. The van der Waals surface area contributed by atoms with Gasteiger partial charge in [0, 0.05) is 29.5 Å². The van der Waals surface area contributed by atoms with E-state index in [-0.39, 0.29) is 18.5 Å². The number of thioether (sulfide) groups is 1.